The van der Waals surface area contributed by atoms with Crippen LogP contribution < -0.4 is 14.9 Å². The highest BCUT2D eigenvalue weighted by molar-refractivity contribution is 5.95. The van der Waals surface area contributed by atoms with Gasteiger partial charge in [0.2, 0.25) is 0 Å². The number of methoxy groups -OCH3 is 1. The summed E-state index contributed by atoms with van der Waals surface area (Å²) >= 11 is 0. The third-order valence-electron chi connectivity index (χ3n) is 4.87. The van der Waals surface area contributed by atoms with Crippen molar-refractivity contribution in [3.05, 3.63) is 108 Å². The van der Waals surface area contributed by atoms with Crippen LogP contribution in [0.2, 0.25) is 0 Å². The number of ether oxygens (including phenoxy) is 2. The summed E-state index contributed by atoms with van der Waals surface area (Å²) in [4.78, 5) is 12.2. The van der Waals surface area contributed by atoms with Crippen LogP contribution in [0.3, 0.4) is 0 Å². The minimum atomic E-state index is -0.301. The molecule has 0 unspecified atom stereocenters. The van der Waals surface area contributed by atoms with Crippen LogP contribution in [0.1, 0.15) is 21.5 Å². The molecule has 0 aromatic heterocycles. The molecule has 31 heavy (non-hydrogen) atoms. The van der Waals surface area contributed by atoms with Crippen molar-refractivity contribution in [3.8, 4) is 11.5 Å². The summed E-state index contributed by atoms with van der Waals surface area (Å²) in [6.07, 6.45) is 1.59. The summed E-state index contributed by atoms with van der Waals surface area (Å²) < 4.78 is 11.1. The van der Waals surface area contributed by atoms with Crippen molar-refractivity contribution in [3.63, 3.8) is 0 Å². The third-order valence-corrected chi connectivity index (χ3v) is 4.87. The van der Waals surface area contributed by atoms with Crippen LogP contribution >= 0.6 is 0 Å². The maximum absolute atomic E-state index is 12.2. The van der Waals surface area contributed by atoms with Gasteiger partial charge in [-0.05, 0) is 64.4 Å². The lowest BCUT2D eigenvalue weighted by molar-refractivity contribution is 0.0955. The van der Waals surface area contributed by atoms with Gasteiger partial charge in [-0.1, -0.05) is 48.5 Å². The molecule has 4 aromatic rings. The highest BCUT2D eigenvalue weighted by atomic mass is 16.5. The van der Waals surface area contributed by atoms with Gasteiger partial charge in [0.05, 0.1) is 13.3 Å². The molecule has 4 aromatic carbocycles. The van der Waals surface area contributed by atoms with E-state index in [2.05, 4.69) is 34.8 Å². The Kier molecular flexibility index (Phi) is 6.24. The van der Waals surface area contributed by atoms with Crippen LogP contribution in [-0.4, -0.2) is 19.2 Å². The molecule has 0 fully saturated rings. The number of hydrogen-bond acceptors (Lipinski definition) is 4. The zero-order valence-corrected chi connectivity index (χ0v) is 17.1. The van der Waals surface area contributed by atoms with E-state index < -0.39 is 0 Å². The fourth-order valence-corrected chi connectivity index (χ4v) is 3.22. The van der Waals surface area contributed by atoms with Crippen LogP contribution in [0.5, 0.6) is 11.5 Å². The molecule has 5 heteroatoms. The van der Waals surface area contributed by atoms with Crippen molar-refractivity contribution < 1.29 is 14.3 Å². The minimum Gasteiger partial charge on any atom is -0.497 e. The first-order valence-corrected chi connectivity index (χ1v) is 9.90. The van der Waals surface area contributed by atoms with Gasteiger partial charge >= 0.3 is 0 Å². The van der Waals surface area contributed by atoms with E-state index in [0.29, 0.717) is 17.9 Å². The highest BCUT2D eigenvalue weighted by Gasteiger charge is 2.05. The molecule has 0 bridgehead atoms. The van der Waals surface area contributed by atoms with Crippen LogP contribution in [0.15, 0.2) is 96.1 Å². The van der Waals surface area contributed by atoms with Crippen molar-refractivity contribution in [1.82, 2.24) is 5.43 Å². The summed E-state index contributed by atoms with van der Waals surface area (Å²) in [5.74, 6) is 1.09. The largest absolute Gasteiger partial charge is 0.497 e. The summed E-state index contributed by atoms with van der Waals surface area (Å²) in [7, 11) is 1.56. The van der Waals surface area contributed by atoms with Gasteiger partial charge in [0, 0.05) is 5.56 Å². The summed E-state index contributed by atoms with van der Waals surface area (Å²) in [5, 5.41) is 6.42. The fourth-order valence-electron chi connectivity index (χ4n) is 3.22. The molecule has 0 saturated heterocycles. The fraction of sp³-hybridized carbons (Fsp3) is 0.0769. The molecule has 0 saturated carbocycles. The van der Waals surface area contributed by atoms with E-state index in [1.54, 1.807) is 37.6 Å². The molecule has 154 valence electrons. The molecule has 5 nitrogen and oxygen atoms in total. The second-order valence-electron chi connectivity index (χ2n) is 6.93. The Bertz CT molecular complexity index is 1210. The number of carbonyl (C=O) groups excluding carboxylic acids is 1. The Morgan fingerprint density at radius 3 is 2.52 bits per heavy atom. The lowest BCUT2D eigenvalue weighted by atomic mass is 10.1. The molecule has 0 heterocycles. The van der Waals surface area contributed by atoms with Gasteiger partial charge in [-0.3, -0.25) is 4.79 Å². The topological polar surface area (TPSA) is 59.9 Å². The summed E-state index contributed by atoms with van der Waals surface area (Å²) in [6.45, 7) is 0.491. The molecule has 0 atom stereocenters. The van der Waals surface area contributed by atoms with Crippen molar-refractivity contribution in [1.29, 1.82) is 0 Å². The van der Waals surface area contributed by atoms with Crippen molar-refractivity contribution in [2.24, 2.45) is 5.10 Å². The predicted molar refractivity (Wildman–Crippen MR) is 123 cm³/mol. The van der Waals surface area contributed by atoms with Gasteiger partial charge in [0.15, 0.2) is 0 Å². The first-order chi connectivity index (χ1) is 15.2. The first-order valence-electron chi connectivity index (χ1n) is 9.90. The molecule has 0 spiro atoms. The average molecular weight is 410 g/mol. The number of fused-ring (bicyclic) bond motifs is 1. The van der Waals surface area contributed by atoms with Gasteiger partial charge in [0.1, 0.15) is 18.1 Å². The average Bonchev–Trinajstić information content (AvgIpc) is 2.83. The van der Waals surface area contributed by atoms with E-state index in [1.807, 2.05) is 42.5 Å². The molecule has 0 aliphatic carbocycles. The smallest absolute Gasteiger partial charge is 0.271 e. The number of carbonyl (C=O) groups is 1. The van der Waals surface area contributed by atoms with E-state index in [4.69, 9.17) is 9.47 Å². The lowest BCUT2D eigenvalue weighted by Crippen LogP contribution is -2.17. The number of nitrogens with one attached hydrogen (secondary N) is 1. The first kappa shape index (κ1) is 20.2. The van der Waals surface area contributed by atoms with Crippen molar-refractivity contribution in [2.75, 3.05) is 7.11 Å². The van der Waals surface area contributed by atoms with Gasteiger partial charge in [-0.15, -0.1) is 0 Å². The van der Waals surface area contributed by atoms with Gasteiger partial charge in [-0.2, -0.15) is 5.10 Å². The van der Waals surface area contributed by atoms with Crippen molar-refractivity contribution >= 4 is 22.9 Å². The number of nitrogens with zero attached hydrogens (tertiary/aromatic N) is 1. The zero-order valence-electron chi connectivity index (χ0n) is 17.1. The Hall–Kier alpha value is -4.12. The molecule has 0 aliphatic heterocycles. The number of hydrazone groups is 1. The summed E-state index contributed by atoms with van der Waals surface area (Å²) in [5.41, 5.74) is 4.99. The Balaban J connectivity index is 1.34. The molecule has 0 aliphatic rings. The molecule has 1 N–H and O–H groups in total. The van der Waals surface area contributed by atoms with E-state index in [0.717, 1.165) is 16.9 Å². The predicted octanol–water partition coefficient (Wildman–Crippen LogP) is 5.19. The normalized spacial score (nSPS) is 10.9. The number of hydrogen-bond donors (Lipinski definition) is 1. The maximum atomic E-state index is 12.2. The molecular weight excluding hydrogens is 388 g/mol. The van der Waals surface area contributed by atoms with E-state index in [1.165, 1.54) is 10.8 Å². The second-order valence-corrected chi connectivity index (χ2v) is 6.93. The second kappa shape index (κ2) is 9.59. The van der Waals surface area contributed by atoms with Crippen LogP contribution in [0.4, 0.5) is 0 Å². The van der Waals surface area contributed by atoms with Crippen molar-refractivity contribution in [2.45, 2.75) is 6.61 Å². The third kappa shape index (κ3) is 5.08. The van der Waals surface area contributed by atoms with E-state index in [9.17, 15) is 4.79 Å². The molecule has 0 radical (unpaired) electrons. The number of amides is 1. The quantitative estimate of drug-likeness (QED) is 0.337. The Morgan fingerprint density at radius 2 is 1.68 bits per heavy atom. The van der Waals surface area contributed by atoms with Crippen LogP contribution in [-0.2, 0) is 6.61 Å². The monoisotopic (exact) mass is 410 g/mol. The number of benzene rings is 4. The van der Waals surface area contributed by atoms with Gasteiger partial charge < -0.3 is 9.47 Å². The van der Waals surface area contributed by atoms with Gasteiger partial charge in [0.25, 0.3) is 5.91 Å². The molecule has 1 amide bonds. The minimum absolute atomic E-state index is 0.301. The van der Waals surface area contributed by atoms with E-state index in [-0.39, 0.29) is 5.91 Å². The van der Waals surface area contributed by atoms with Gasteiger partial charge in [-0.25, -0.2) is 5.43 Å². The Labute approximate surface area is 180 Å². The van der Waals surface area contributed by atoms with Crippen LogP contribution in [0, 0.1) is 0 Å². The van der Waals surface area contributed by atoms with E-state index >= 15 is 0 Å². The Morgan fingerprint density at radius 1 is 0.903 bits per heavy atom. The SMILES string of the molecule is COc1cccc(C(=O)N/N=C\c2ccc(OCc3cccc4ccccc34)cc2)c1. The maximum Gasteiger partial charge on any atom is 0.271 e. The standard InChI is InChI=1S/C26H22N2O3/c1-30-24-10-5-8-21(16-24)26(29)28-27-17-19-12-14-23(15-13-19)31-18-22-9-4-7-20-6-2-3-11-25(20)22/h2-17H,18H2,1H3,(H,28,29)/b27-17-. The van der Waals surface area contributed by atoms with Crippen LogP contribution in [0.25, 0.3) is 10.8 Å². The number of rotatable bonds is 7. The summed E-state index contributed by atoms with van der Waals surface area (Å²) in [6, 6.07) is 28.9. The lowest BCUT2D eigenvalue weighted by Gasteiger charge is -2.09. The zero-order chi connectivity index (χ0) is 21.5. The molecular formula is C26H22N2O3. The molecule has 4 rings (SSSR count). The highest BCUT2D eigenvalue weighted by Crippen LogP contribution is 2.21.